The van der Waals surface area contributed by atoms with Gasteiger partial charge < -0.3 is 15.9 Å². The zero-order valence-electron chi connectivity index (χ0n) is 6.67. The number of halogens is 2. The van der Waals surface area contributed by atoms with Gasteiger partial charge in [-0.3, -0.25) is 0 Å². The largest absolute Gasteiger partial charge is 0.503 e. The van der Waals surface area contributed by atoms with Crippen molar-refractivity contribution in [2.24, 2.45) is 5.73 Å². The van der Waals surface area contributed by atoms with Crippen LogP contribution >= 0.6 is 0 Å². The van der Waals surface area contributed by atoms with Gasteiger partial charge in [0.1, 0.15) is 0 Å². The Hall–Kier alpha value is -1.20. The van der Waals surface area contributed by atoms with E-state index in [0.717, 1.165) is 12.1 Å². The van der Waals surface area contributed by atoms with Crippen LogP contribution in [0, 0.1) is 11.6 Å². The number of rotatable bonds is 2. The van der Waals surface area contributed by atoms with Crippen molar-refractivity contribution in [1.82, 2.24) is 0 Å². The molecule has 0 heterocycles. The summed E-state index contributed by atoms with van der Waals surface area (Å²) in [6.07, 6.45) is 0. The van der Waals surface area contributed by atoms with Crippen LogP contribution in [0.4, 0.5) is 8.78 Å². The van der Waals surface area contributed by atoms with Crippen LogP contribution < -0.4 is 5.73 Å². The third-order valence-electron chi connectivity index (χ3n) is 1.66. The second-order valence-corrected chi connectivity index (χ2v) is 2.62. The fourth-order valence-corrected chi connectivity index (χ4v) is 0.905. The minimum atomic E-state index is -1.08. The van der Waals surface area contributed by atoms with Crippen LogP contribution in [0.25, 0.3) is 0 Å². The lowest BCUT2D eigenvalue weighted by molar-refractivity contribution is 0.267. The summed E-state index contributed by atoms with van der Waals surface area (Å²) in [4.78, 5) is 0. The average molecular weight is 189 g/mol. The predicted molar refractivity (Wildman–Crippen MR) is 42.0 cm³/mol. The molecule has 13 heavy (non-hydrogen) atoms. The van der Waals surface area contributed by atoms with Gasteiger partial charge in [-0.25, -0.2) is 8.78 Å². The fourth-order valence-electron chi connectivity index (χ4n) is 0.905. The lowest BCUT2D eigenvalue weighted by Gasteiger charge is -2.09. The highest BCUT2D eigenvalue weighted by atomic mass is 19.1. The van der Waals surface area contributed by atoms with Gasteiger partial charge >= 0.3 is 0 Å². The van der Waals surface area contributed by atoms with Crippen molar-refractivity contribution >= 4 is 0 Å². The standard InChI is InChI=1S/C8H9F2NO2/c9-5-1-4(7(11)3-12)2-6(10)8(5)13/h1-2,7,12-13H,3,11H2/t7-/m1/s1. The zero-order chi connectivity index (χ0) is 10.0. The maximum Gasteiger partial charge on any atom is 0.187 e. The summed E-state index contributed by atoms with van der Waals surface area (Å²) in [5, 5.41) is 17.3. The normalized spacial score (nSPS) is 12.9. The molecule has 0 bridgehead atoms. The van der Waals surface area contributed by atoms with Crippen molar-refractivity contribution in [2.45, 2.75) is 6.04 Å². The summed E-state index contributed by atoms with van der Waals surface area (Å²) in [7, 11) is 0. The topological polar surface area (TPSA) is 66.5 Å². The molecule has 5 heteroatoms. The molecule has 1 aromatic carbocycles. The van der Waals surface area contributed by atoms with Crippen molar-refractivity contribution in [1.29, 1.82) is 0 Å². The highest BCUT2D eigenvalue weighted by molar-refractivity contribution is 5.31. The molecule has 3 nitrogen and oxygen atoms in total. The van der Waals surface area contributed by atoms with E-state index in [9.17, 15) is 8.78 Å². The maximum atomic E-state index is 12.7. The van der Waals surface area contributed by atoms with E-state index < -0.39 is 30.0 Å². The lowest BCUT2D eigenvalue weighted by atomic mass is 10.1. The van der Waals surface area contributed by atoms with Crippen LogP contribution in [0.1, 0.15) is 11.6 Å². The van der Waals surface area contributed by atoms with E-state index in [0.29, 0.717) is 0 Å². The first-order chi connectivity index (χ1) is 6.06. The number of hydrogen-bond acceptors (Lipinski definition) is 3. The molecule has 72 valence electrons. The SMILES string of the molecule is N[C@H](CO)c1cc(F)c(O)c(F)c1. The minimum Gasteiger partial charge on any atom is -0.503 e. The van der Waals surface area contributed by atoms with E-state index in [4.69, 9.17) is 15.9 Å². The summed E-state index contributed by atoms with van der Waals surface area (Å²) >= 11 is 0. The van der Waals surface area contributed by atoms with E-state index in [1.54, 1.807) is 0 Å². The van der Waals surface area contributed by atoms with Gasteiger partial charge in [0, 0.05) is 0 Å². The van der Waals surface area contributed by atoms with E-state index >= 15 is 0 Å². The third-order valence-corrected chi connectivity index (χ3v) is 1.66. The molecule has 0 unspecified atom stereocenters. The summed E-state index contributed by atoms with van der Waals surface area (Å²) < 4.78 is 25.4. The van der Waals surface area contributed by atoms with Crippen LogP contribution in [0.5, 0.6) is 5.75 Å². The van der Waals surface area contributed by atoms with E-state index in [2.05, 4.69) is 0 Å². The highest BCUT2D eigenvalue weighted by Gasteiger charge is 2.13. The summed E-state index contributed by atoms with van der Waals surface area (Å²) in [6, 6.07) is 0.933. The van der Waals surface area contributed by atoms with E-state index in [1.807, 2.05) is 0 Å². The molecule has 0 saturated heterocycles. The van der Waals surface area contributed by atoms with Gasteiger partial charge in [0.25, 0.3) is 0 Å². The molecule has 0 aliphatic heterocycles. The first kappa shape index (κ1) is 9.88. The minimum absolute atomic E-state index is 0.107. The first-order valence-electron chi connectivity index (χ1n) is 3.60. The van der Waals surface area contributed by atoms with Gasteiger partial charge in [0.15, 0.2) is 17.4 Å². The number of phenols is 1. The predicted octanol–water partition coefficient (Wildman–Crippen LogP) is 0.662. The Balaban J connectivity index is 3.13. The second kappa shape index (κ2) is 3.68. The molecule has 0 aromatic heterocycles. The Morgan fingerprint density at radius 3 is 2.15 bits per heavy atom. The van der Waals surface area contributed by atoms with Gasteiger partial charge in [-0.15, -0.1) is 0 Å². The molecule has 0 aliphatic carbocycles. The molecule has 1 rings (SSSR count). The van der Waals surface area contributed by atoms with Crippen molar-refractivity contribution in [2.75, 3.05) is 6.61 Å². The monoisotopic (exact) mass is 189 g/mol. The number of phenolic OH excluding ortho intramolecular Hbond substituents is 1. The molecule has 0 aliphatic rings. The summed E-state index contributed by atoms with van der Waals surface area (Å²) in [6.45, 7) is -0.413. The van der Waals surface area contributed by atoms with Crippen LogP contribution in [0.3, 0.4) is 0 Å². The van der Waals surface area contributed by atoms with Crippen LogP contribution in [0.15, 0.2) is 12.1 Å². The molecular weight excluding hydrogens is 180 g/mol. The van der Waals surface area contributed by atoms with Gasteiger partial charge in [-0.2, -0.15) is 0 Å². The number of benzene rings is 1. The fraction of sp³-hybridized carbons (Fsp3) is 0.250. The molecule has 0 fully saturated rings. The van der Waals surface area contributed by atoms with Crippen LogP contribution in [-0.4, -0.2) is 16.8 Å². The summed E-state index contributed by atoms with van der Waals surface area (Å²) in [5.74, 6) is -3.20. The number of aliphatic hydroxyl groups is 1. The van der Waals surface area contributed by atoms with Crippen molar-refractivity contribution < 1.29 is 19.0 Å². The number of aliphatic hydroxyl groups excluding tert-OH is 1. The second-order valence-electron chi connectivity index (χ2n) is 2.62. The van der Waals surface area contributed by atoms with Crippen molar-refractivity contribution in [3.63, 3.8) is 0 Å². The Morgan fingerprint density at radius 2 is 1.77 bits per heavy atom. The number of nitrogens with two attached hydrogens (primary N) is 1. The Morgan fingerprint density at radius 1 is 1.31 bits per heavy atom. The molecular formula is C8H9F2NO2. The third kappa shape index (κ3) is 1.93. The van der Waals surface area contributed by atoms with E-state index in [1.165, 1.54) is 0 Å². The zero-order valence-corrected chi connectivity index (χ0v) is 6.67. The van der Waals surface area contributed by atoms with Gasteiger partial charge in [-0.05, 0) is 17.7 Å². The first-order valence-corrected chi connectivity index (χ1v) is 3.60. The maximum absolute atomic E-state index is 12.7. The molecule has 0 radical (unpaired) electrons. The number of aromatic hydroxyl groups is 1. The molecule has 1 aromatic rings. The molecule has 4 N–H and O–H groups in total. The quantitative estimate of drug-likeness (QED) is 0.640. The lowest BCUT2D eigenvalue weighted by Crippen LogP contribution is -2.14. The molecule has 0 spiro atoms. The van der Waals surface area contributed by atoms with Gasteiger partial charge in [-0.1, -0.05) is 0 Å². The molecule has 1 atom stereocenters. The van der Waals surface area contributed by atoms with E-state index in [-0.39, 0.29) is 5.56 Å². The Bertz CT molecular complexity index is 294. The highest BCUT2D eigenvalue weighted by Crippen LogP contribution is 2.23. The molecule has 0 amide bonds. The van der Waals surface area contributed by atoms with Crippen molar-refractivity contribution in [3.8, 4) is 5.75 Å². The average Bonchev–Trinajstić information content (AvgIpc) is 2.12. The Labute approximate surface area is 73.4 Å². The smallest absolute Gasteiger partial charge is 0.187 e. The van der Waals surface area contributed by atoms with Crippen LogP contribution in [0.2, 0.25) is 0 Å². The molecule has 0 saturated carbocycles. The summed E-state index contributed by atoms with van der Waals surface area (Å²) in [5.41, 5.74) is 5.42. The van der Waals surface area contributed by atoms with Gasteiger partial charge in [0.05, 0.1) is 12.6 Å². The van der Waals surface area contributed by atoms with Crippen LogP contribution in [-0.2, 0) is 0 Å². The number of hydrogen-bond donors (Lipinski definition) is 3. The van der Waals surface area contributed by atoms with Crippen molar-refractivity contribution in [3.05, 3.63) is 29.3 Å². The van der Waals surface area contributed by atoms with Gasteiger partial charge in [0.2, 0.25) is 0 Å². The Kier molecular flexibility index (Phi) is 2.79.